The highest BCUT2D eigenvalue weighted by atomic mass is 35.5. The second-order valence-corrected chi connectivity index (χ2v) is 3.16. The lowest BCUT2D eigenvalue weighted by atomic mass is 10.1. The fourth-order valence-corrected chi connectivity index (χ4v) is 1.13. The van der Waals surface area contributed by atoms with E-state index in [-0.39, 0.29) is 5.97 Å². The second kappa shape index (κ2) is 4.82. The van der Waals surface area contributed by atoms with Crippen LogP contribution >= 0.6 is 11.6 Å². The molecule has 0 aliphatic heterocycles. The van der Waals surface area contributed by atoms with Gasteiger partial charge in [-0.2, -0.15) is 0 Å². The summed E-state index contributed by atoms with van der Waals surface area (Å²) in [6, 6.07) is 6.81. The standard InChI is InChI=1S/C11H11ClO2/c1-3-14-11(13)10-6-4-9(5-7-10)8(2)12/h4-7H,2-3H2,1H3. The third-order valence-corrected chi connectivity index (χ3v) is 1.93. The van der Waals surface area contributed by atoms with Crippen LogP contribution in [-0.4, -0.2) is 12.6 Å². The van der Waals surface area contributed by atoms with Crippen LogP contribution in [0, 0.1) is 0 Å². The fraction of sp³-hybridized carbons (Fsp3) is 0.182. The van der Waals surface area contributed by atoms with Gasteiger partial charge in [0, 0.05) is 5.03 Å². The van der Waals surface area contributed by atoms with Crippen molar-refractivity contribution < 1.29 is 9.53 Å². The first-order valence-corrected chi connectivity index (χ1v) is 4.65. The minimum absolute atomic E-state index is 0.320. The number of carbonyl (C=O) groups is 1. The number of halogens is 1. The smallest absolute Gasteiger partial charge is 0.338 e. The van der Waals surface area contributed by atoms with Gasteiger partial charge in [0.15, 0.2) is 0 Å². The molecule has 0 bridgehead atoms. The molecule has 2 nitrogen and oxygen atoms in total. The first kappa shape index (κ1) is 10.8. The Bertz CT molecular complexity index is 341. The van der Waals surface area contributed by atoms with Crippen LogP contribution < -0.4 is 0 Å². The van der Waals surface area contributed by atoms with Crippen molar-refractivity contribution in [3.8, 4) is 0 Å². The van der Waals surface area contributed by atoms with Gasteiger partial charge < -0.3 is 4.74 Å². The average Bonchev–Trinajstić information content (AvgIpc) is 2.18. The van der Waals surface area contributed by atoms with Crippen molar-refractivity contribution in [2.24, 2.45) is 0 Å². The number of carbonyl (C=O) groups excluding carboxylic acids is 1. The lowest BCUT2D eigenvalue weighted by Crippen LogP contribution is -2.04. The van der Waals surface area contributed by atoms with Crippen LogP contribution in [0.3, 0.4) is 0 Å². The lowest BCUT2D eigenvalue weighted by molar-refractivity contribution is 0.0526. The molecule has 1 aromatic rings. The van der Waals surface area contributed by atoms with Gasteiger partial charge in [-0.1, -0.05) is 30.3 Å². The van der Waals surface area contributed by atoms with E-state index in [1.165, 1.54) is 0 Å². The summed E-state index contributed by atoms with van der Waals surface area (Å²) in [5.41, 5.74) is 1.33. The van der Waals surface area contributed by atoms with Crippen molar-refractivity contribution in [1.29, 1.82) is 0 Å². The Kier molecular flexibility index (Phi) is 3.72. The van der Waals surface area contributed by atoms with Crippen LogP contribution in [0.5, 0.6) is 0 Å². The molecule has 0 spiro atoms. The number of esters is 1. The molecule has 0 amide bonds. The maximum absolute atomic E-state index is 11.2. The van der Waals surface area contributed by atoms with Crippen LogP contribution in [0.1, 0.15) is 22.8 Å². The Hall–Kier alpha value is -1.28. The molecule has 0 radical (unpaired) electrons. The monoisotopic (exact) mass is 210 g/mol. The highest BCUT2D eigenvalue weighted by Crippen LogP contribution is 2.16. The van der Waals surface area contributed by atoms with Crippen molar-refractivity contribution in [3.05, 3.63) is 42.0 Å². The second-order valence-electron chi connectivity index (χ2n) is 2.70. The lowest BCUT2D eigenvalue weighted by Gasteiger charge is -2.02. The topological polar surface area (TPSA) is 26.3 Å². The Morgan fingerprint density at radius 3 is 2.29 bits per heavy atom. The summed E-state index contributed by atoms with van der Waals surface area (Å²) in [7, 11) is 0. The summed E-state index contributed by atoms with van der Waals surface area (Å²) >= 11 is 5.69. The summed E-state index contributed by atoms with van der Waals surface area (Å²) in [4.78, 5) is 11.2. The van der Waals surface area contributed by atoms with Gasteiger partial charge in [-0.3, -0.25) is 0 Å². The van der Waals surface area contributed by atoms with Gasteiger partial charge >= 0.3 is 5.97 Å². The maximum Gasteiger partial charge on any atom is 0.338 e. The first-order valence-electron chi connectivity index (χ1n) is 4.27. The van der Waals surface area contributed by atoms with E-state index in [9.17, 15) is 4.79 Å². The molecule has 0 fully saturated rings. The van der Waals surface area contributed by atoms with Gasteiger partial charge in [0.05, 0.1) is 12.2 Å². The van der Waals surface area contributed by atoms with E-state index in [2.05, 4.69) is 6.58 Å². The average molecular weight is 211 g/mol. The molecule has 0 heterocycles. The van der Waals surface area contributed by atoms with Gasteiger partial charge in [-0.05, 0) is 24.6 Å². The van der Waals surface area contributed by atoms with Gasteiger partial charge in [0.2, 0.25) is 0 Å². The summed E-state index contributed by atoms with van der Waals surface area (Å²) in [5, 5.41) is 0.459. The molecule has 74 valence electrons. The molecule has 1 rings (SSSR count). The SMILES string of the molecule is C=C(Cl)c1ccc(C(=O)OCC)cc1. The molecule has 0 aromatic heterocycles. The van der Waals surface area contributed by atoms with Crippen LogP contribution in [0.25, 0.3) is 5.03 Å². The molecule has 0 atom stereocenters. The van der Waals surface area contributed by atoms with Gasteiger partial charge in [0.25, 0.3) is 0 Å². The van der Waals surface area contributed by atoms with Gasteiger partial charge in [0.1, 0.15) is 0 Å². The van der Waals surface area contributed by atoms with Gasteiger partial charge in [-0.25, -0.2) is 4.79 Å². The molecule has 14 heavy (non-hydrogen) atoms. The summed E-state index contributed by atoms with van der Waals surface area (Å²) in [6.45, 7) is 5.73. The van der Waals surface area contributed by atoms with Crippen molar-refractivity contribution in [2.45, 2.75) is 6.92 Å². The van der Waals surface area contributed by atoms with Crippen LogP contribution in [0.2, 0.25) is 0 Å². The Balaban J connectivity index is 2.83. The van der Waals surface area contributed by atoms with Crippen molar-refractivity contribution in [3.63, 3.8) is 0 Å². The van der Waals surface area contributed by atoms with E-state index in [1.807, 2.05) is 0 Å². The Morgan fingerprint density at radius 2 is 1.86 bits per heavy atom. The summed E-state index contributed by atoms with van der Waals surface area (Å²) < 4.78 is 4.83. The van der Waals surface area contributed by atoms with E-state index in [0.29, 0.717) is 17.2 Å². The normalized spacial score (nSPS) is 9.57. The highest BCUT2D eigenvalue weighted by molar-refractivity contribution is 6.48. The van der Waals surface area contributed by atoms with E-state index in [4.69, 9.17) is 16.3 Å². The van der Waals surface area contributed by atoms with E-state index >= 15 is 0 Å². The van der Waals surface area contributed by atoms with Crippen LogP contribution in [0.4, 0.5) is 0 Å². The molecule has 0 saturated heterocycles. The van der Waals surface area contributed by atoms with E-state index in [1.54, 1.807) is 31.2 Å². The molecule has 0 aliphatic carbocycles. The summed E-state index contributed by atoms with van der Waals surface area (Å²) in [6.07, 6.45) is 0. The quantitative estimate of drug-likeness (QED) is 0.717. The number of hydrogen-bond donors (Lipinski definition) is 0. The molecular formula is C11H11ClO2. The Morgan fingerprint density at radius 1 is 1.36 bits per heavy atom. The molecule has 1 aromatic carbocycles. The highest BCUT2D eigenvalue weighted by Gasteiger charge is 2.05. The van der Waals surface area contributed by atoms with Crippen molar-refractivity contribution >= 4 is 22.6 Å². The van der Waals surface area contributed by atoms with Crippen molar-refractivity contribution in [2.75, 3.05) is 6.61 Å². The predicted octanol–water partition coefficient (Wildman–Crippen LogP) is 3.07. The molecule has 0 saturated carbocycles. The molecule has 0 N–H and O–H groups in total. The molecule has 0 aliphatic rings. The maximum atomic E-state index is 11.2. The van der Waals surface area contributed by atoms with E-state index in [0.717, 1.165) is 5.56 Å². The number of hydrogen-bond acceptors (Lipinski definition) is 2. The van der Waals surface area contributed by atoms with E-state index < -0.39 is 0 Å². The zero-order valence-corrected chi connectivity index (χ0v) is 8.67. The third kappa shape index (κ3) is 2.60. The number of benzene rings is 1. The van der Waals surface area contributed by atoms with Crippen molar-refractivity contribution in [1.82, 2.24) is 0 Å². The number of rotatable bonds is 3. The molecular weight excluding hydrogens is 200 g/mol. The predicted molar refractivity (Wildman–Crippen MR) is 57.3 cm³/mol. The van der Waals surface area contributed by atoms with Crippen LogP contribution in [-0.2, 0) is 4.74 Å². The van der Waals surface area contributed by atoms with Gasteiger partial charge in [-0.15, -0.1) is 0 Å². The summed E-state index contributed by atoms with van der Waals surface area (Å²) in [5.74, 6) is -0.320. The first-order chi connectivity index (χ1) is 6.65. The zero-order chi connectivity index (χ0) is 10.6. The fourth-order valence-electron chi connectivity index (χ4n) is 1.00. The molecule has 3 heteroatoms. The minimum atomic E-state index is -0.320. The number of ether oxygens (including phenoxy) is 1. The molecule has 0 unspecified atom stereocenters. The van der Waals surface area contributed by atoms with Crippen LogP contribution in [0.15, 0.2) is 30.8 Å². The minimum Gasteiger partial charge on any atom is -0.462 e. The largest absolute Gasteiger partial charge is 0.462 e. The third-order valence-electron chi connectivity index (χ3n) is 1.71. The Labute approximate surface area is 88.1 Å². The zero-order valence-electron chi connectivity index (χ0n) is 7.92.